The molecule has 100 valence electrons. The molecule has 3 nitrogen and oxygen atoms in total. The van der Waals surface area contributed by atoms with Crippen LogP contribution in [0.5, 0.6) is 5.75 Å². The number of ether oxygens (including phenoxy) is 1. The van der Waals surface area contributed by atoms with Crippen LogP contribution in [-0.4, -0.2) is 13.0 Å². The van der Waals surface area contributed by atoms with Crippen molar-refractivity contribution in [1.29, 1.82) is 0 Å². The van der Waals surface area contributed by atoms with Crippen LogP contribution in [0.2, 0.25) is 5.02 Å². The monoisotopic (exact) mass is 359 g/mol. The fraction of sp³-hybridized carbons (Fsp3) is 0.154. The highest BCUT2D eigenvalue weighted by Crippen LogP contribution is 2.30. The molecule has 1 aromatic heterocycles. The lowest BCUT2D eigenvalue weighted by Crippen LogP contribution is -2.10. The Kier molecular flexibility index (Phi) is 4.50. The van der Waals surface area contributed by atoms with Crippen molar-refractivity contribution < 1.29 is 9.53 Å². The Morgan fingerprint density at radius 1 is 1.42 bits per heavy atom. The fourth-order valence-electron chi connectivity index (χ4n) is 1.47. The van der Waals surface area contributed by atoms with Gasteiger partial charge in [0.2, 0.25) is 0 Å². The van der Waals surface area contributed by atoms with Gasteiger partial charge in [-0.3, -0.25) is 4.79 Å². The van der Waals surface area contributed by atoms with E-state index in [0.29, 0.717) is 21.3 Å². The lowest BCUT2D eigenvalue weighted by atomic mass is 10.2. The fourth-order valence-corrected chi connectivity index (χ4v) is 2.94. The van der Waals surface area contributed by atoms with Gasteiger partial charge in [0.1, 0.15) is 5.75 Å². The molecule has 0 aliphatic heterocycles. The van der Waals surface area contributed by atoms with E-state index >= 15 is 0 Å². The third-order valence-electron chi connectivity index (χ3n) is 2.53. The third-order valence-corrected chi connectivity index (χ3v) is 4.50. The first-order valence-electron chi connectivity index (χ1n) is 5.41. The molecule has 0 aliphatic rings. The van der Waals surface area contributed by atoms with E-state index in [2.05, 4.69) is 21.2 Å². The molecule has 0 bridgehead atoms. The number of benzene rings is 1. The number of rotatable bonds is 3. The first-order valence-corrected chi connectivity index (χ1v) is 7.46. The summed E-state index contributed by atoms with van der Waals surface area (Å²) in [6, 6.07) is 5.29. The van der Waals surface area contributed by atoms with Gasteiger partial charge in [-0.25, -0.2) is 0 Å². The second-order valence-corrected chi connectivity index (χ2v) is 6.06. The number of aryl methyl sites for hydroxylation is 1. The van der Waals surface area contributed by atoms with E-state index < -0.39 is 0 Å². The highest BCUT2D eigenvalue weighted by Gasteiger charge is 2.12. The summed E-state index contributed by atoms with van der Waals surface area (Å²) in [6.45, 7) is 1.91. The molecule has 6 heteroatoms. The summed E-state index contributed by atoms with van der Waals surface area (Å²) < 4.78 is 5.85. The highest BCUT2D eigenvalue weighted by molar-refractivity contribution is 9.10. The van der Waals surface area contributed by atoms with Crippen molar-refractivity contribution in [2.45, 2.75) is 6.92 Å². The van der Waals surface area contributed by atoms with Crippen LogP contribution in [0.25, 0.3) is 0 Å². The zero-order valence-corrected chi connectivity index (χ0v) is 13.4. The van der Waals surface area contributed by atoms with E-state index in [1.165, 1.54) is 11.3 Å². The molecule has 2 rings (SSSR count). The van der Waals surface area contributed by atoms with Crippen LogP contribution >= 0.6 is 38.9 Å². The average molecular weight is 361 g/mol. The molecular formula is C13H11BrClNO2S. The minimum atomic E-state index is -0.186. The number of anilines is 1. The smallest absolute Gasteiger partial charge is 0.265 e. The molecule has 0 atom stereocenters. The van der Waals surface area contributed by atoms with E-state index in [-0.39, 0.29) is 5.91 Å². The van der Waals surface area contributed by atoms with Crippen molar-refractivity contribution in [2.24, 2.45) is 0 Å². The molecule has 0 fully saturated rings. The van der Waals surface area contributed by atoms with E-state index in [4.69, 9.17) is 16.3 Å². The van der Waals surface area contributed by atoms with Gasteiger partial charge in [0.15, 0.2) is 0 Å². The Balaban J connectivity index is 2.21. The van der Waals surface area contributed by atoms with Gasteiger partial charge in [-0.1, -0.05) is 11.6 Å². The first kappa shape index (κ1) is 14.4. The van der Waals surface area contributed by atoms with Crippen LogP contribution in [0.15, 0.2) is 28.1 Å². The van der Waals surface area contributed by atoms with Crippen molar-refractivity contribution in [3.05, 3.63) is 43.5 Å². The van der Waals surface area contributed by atoms with Crippen molar-refractivity contribution in [1.82, 2.24) is 0 Å². The predicted octanol–water partition coefficient (Wildman–Crippen LogP) is 4.73. The van der Waals surface area contributed by atoms with Gasteiger partial charge in [0.25, 0.3) is 5.91 Å². The number of amides is 1. The number of nitrogens with one attached hydrogen (secondary N) is 1. The van der Waals surface area contributed by atoms with E-state index in [0.717, 1.165) is 10.0 Å². The molecule has 1 aromatic carbocycles. The summed E-state index contributed by atoms with van der Waals surface area (Å²) in [6.07, 6.45) is 0. The zero-order chi connectivity index (χ0) is 14.0. The Hall–Kier alpha value is -1.04. The average Bonchev–Trinajstić information content (AvgIpc) is 2.84. The maximum atomic E-state index is 12.1. The molecule has 0 saturated carbocycles. The molecule has 19 heavy (non-hydrogen) atoms. The minimum absolute atomic E-state index is 0.186. The van der Waals surface area contributed by atoms with Gasteiger partial charge in [0.05, 0.1) is 17.7 Å². The maximum Gasteiger partial charge on any atom is 0.265 e. The Morgan fingerprint density at radius 3 is 2.79 bits per heavy atom. The number of carbonyl (C=O) groups is 1. The summed E-state index contributed by atoms with van der Waals surface area (Å²) in [5.74, 6) is 0.491. The lowest BCUT2D eigenvalue weighted by Gasteiger charge is -2.08. The molecule has 0 saturated heterocycles. The summed E-state index contributed by atoms with van der Waals surface area (Å²) >= 11 is 10.8. The quantitative estimate of drug-likeness (QED) is 0.859. The lowest BCUT2D eigenvalue weighted by molar-refractivity contribution is 0.103. The molecule has 1 N–H and O–H groups in total. The molecule has 0 spiro atoms. The summed E-state index contributed by atoms with van der Waals surface area (Å²) in [4.78, 5) is 12.7. The number of hydrogen-bond donors (Lipinski definition) is 1. The minimum Gasteiger partial charge on any atom is -0.496 e. The largest absolute Gasteiger partial charge is 0.496 e. The second kappa shape index (κ2) is 5.94. The summed E-state index contributed by atoms with van der Waals surface area (Å²) in [5, 5.41) is 5.21. The van der Waals surface area contributed by atoms with Crippen molar-refractivity contribution in [3.63, 3.8) is 0 Å². The van der Waals surface area contributed by atoms with Crippen LogP contribution in [0.3, 0.4) is 0 Å². The number of hydrogen-bond acceptors (Lipinski definition) is 3. The SMILES string of the molecule is COc1csc(C(=O)Nc2cc(Cl)c(C)cc2Br)c1. The van der Waals surface area contributed by atoms with E-state index in [1.807, 2.05) is 13.0 Å². The van der Waals surface area contributed by atoms with E-state index in [9.17, 15) is 4.79 Å². The van der Waals surface area contributed by atoms with Crippen LogP contribution in [-0.2, 0) is 0 Å². The Morgan fingerprint density at radius 2 is 2.16 bits per heavy atom. The molecule has 1 amide bonds. The predicted molar refractivity (Wildman–Crippen MR) is 82.7 cm³/mol. The Labute approximate surface area is 128 Å². The molecule has 0 aliphatic carbocycles. The van der Waals surface area contributed by atoms with Gasteiger partial charge in [-0.15, -0.1) is 11.3 Å². The number of carbonyl (C=O) groups excluding carboxylic acids is 1. The highest BCUT2D eigenvalue weighted by atomic mass is 79.9. The molecule has 2 aromatic rings. The van der Waals surface area contributed by atoms with Crippen molar-refractivity contribution >= 4 is 50.5 Å². The van der Waals surface area contributed by atoms with Crippen LogP contribution in [0.4, 0.5) is 5.69 Å². The third kappa shape index (κ3) is 3.29. The van der Waals surface area contributed by atoms with Gasteiger partial charge >= 0.3 is 0 Å². The normalized spacial score (nSPS) is 10.3. The van der Waals surface area contributed by atoms with Crippen LogP contribution in [0.1, 0.15) is 15.2 Å². The van der Waals surface area contributed by atoms with Crippen LogP contribution in [0, 0.1) is 6.92 Å². The molecule has 0 unspecified atom stereocenters. The molecule has 1 heterocycles. The maximum absolute atomic E-state index is 12.1. The van der Waals surface area contributed by atoms with Gasteiger partial charge in [-0.05, 0) is 40.5 Å². The summed E-state index contributed by atoms with van der Waals surface area (Å²) in [5.41, 5.74) is 1.59. The zero-order valence-electron chi connectivity index (χ0n) is 10.3. The first-order chi connectivity index (χ1) is 9.01. The Bertz CT molecular complexity index is 627. The van der Waals surface area contributed by atoms with Crippen molar-refractivity contribution in [3.8, 4) is 5.75 Å². The standard InChI is InChI=1S/C13H11BrClNO2S/c1-7-3-9(14)11(5-10(7)15)16-13(17)12-4-8(18-2)6-19-12/h3-6H,1-2H3,(H,16,17). The molecule has 0 radical (unpaired) electrons. The van der Waals surface area contributed by atoms with Crippen molar-refractivity contribution in [2.75, 3.05) is 12.4 Å². The number of halogens is 2. The van der Waals surface area contributed by atoms with Gasteiger partial charge < -0.3 is 10.1 Å². The topological polar surface area (TPSA) is 38.3 Å². The van der Waals surface area contributed by atoms with E-state index in [1.54, 1.807) is 24.6 Å². The van der Waals surface area contributed by atoms with Crippen LogP contribution < -0.4 is 10.1 Å². The van der Waals surface area contributed by atoms with Gasteiger partial charge in [0, 0.05) is 20.9 Å². The second-order valence-electron chi connectivity index (χ2n) is 3.89. The number of thiophene rings is 1. The number of methoxy groups -OCH3 is 1. The molecular weight excluding hydrogens is 350 g/mol. The van der Waals surface area contributed by atoms with Gasteiger partial charge in [-0.2, -0.15) is 0 Å². The summed E-state index contributed by atoms with van der Waals surface area (Å²) in [7, 11) is 1.57.